The van der Waals surface area contributed by atoms with Gasteiger partial charge in [-0.05, 0) is 43.2 Å². The van der Waals surface area contributed by atoms with Crippen LogP contribution in [-0.2, 0) is 0 Å². The zero-order valence-electron chi connectivity index (χ0n) is 11.9. The number of hydrogen-bond acceptors (Lipinski definition) is 3. The molecule has 0 radical (unpaired) electrons. The topological polar surface area (TPSA) is 55.2 Å². The summed E-state index contributed by atoms with van der Waals surface area (Å²) in [6.07, 6.45) is 0. The van der Waals surface area contributed by atoms with Gasteiger partial charge in [-0.1, -0.05) is 45.2 Å². The van der Waals surface area contributed by atoms with Crippen LogP contribution in [0.25, 0.3) is 0 Å². The van der Waals surface area contributed by atoms with E-state index in [0.717, 1.165) is 15.6 Å². The maximum Gasteiger partial charge on any atom is 0.292 e. The fourth-order valence-corrected chi connectivity index (χ4v) is 3.01. The molecule has 2 aromatic rings. The van der Waals surface area contributed by atoms with Gasteiger partial charge >= 0.3 is 0 Å². The van der Waals surface area contributed by atoms with Gasteiger partial charge in [0.15, 0.2) is 0 Å². The Morgan fingerprint density at radius 1 is 1.27 bits per heavy atom. The normalized spacial score (nSPS) is 12.0. The lowest BCUT2D eigenvalue weighted by Gasteiger charge is -2.18. The minimum Gasteiger partial charge on any atom is -0.373 e. The second kappa shape index (κ2) is 6.86. The van der Waals surface area contributed by atoms with Crippen LogP contribution in [-0.4, -0.2) is 4.92 Å². The lowest BCUT2D eigenvalue weighted by Crippen LogP contribution is -2.09. The Morgan fingerprint density at radius 2 is 1.95 bits per heavy atom. The summed E-state index contributed by atoms with van der Waals surface area (Å²) < 4.78 is 0.801. The number of aryl methyl sites for hydroxylation is 1. The van der Waals surface area contributed by atoms with Crippen molar-refractivity contribution in [2.75, 3.05) is 5.32 Å². The highest BCUT2D eigenvalue weighted by molar-refractivity contribution is 9.10. The van der Waals surface area contributed by atoms with Crippen molar-refractivity contribution in [3.05, 3.63) is 66.1 Å². The van der Waals surface area contributed by atoms with E-state index in [1.54, 1.807) is 31.2 Å². The Hall–Kier alpha value is -1.30. The zero-order valence-corrected chi connectivity index (χ0v) is 15.0. The number of nitro groups is 1. The molecule has 2 rings (SSSR count). The van der Waals surface area contributed by atoms with E-state index in [0.29, 0.717) is 15.7 Å². The van der Waals surface area contributed by atoms with E-state index in [2.05, 4.69) is 21.2 Å². The SMILES string of the molecule is Cc1cc([N+](=O)[O-])c(N[C@H](C)c2ccc(Cl)cc2Cl)cc1Br. The second-order valence-corrected chi connectivity index (χ2v) is 6.61. The van der Waals surface area contributed by atoms with Gasteiger partial charge in [0.25, 0.3) is 5.69 Å². The number of nitro benzene ring substituents is 1. The summed E-state index contributed by atoms with van der Waals surface area (Å²) in [5, 5.41) is 15.4. The van der Waals surface area contributed by atoms with Crippen LogP contribution in [0.15, 0.2) is 34.8 Å². The molecule has 0 aromatic heterocycles. The van der Waals surface area contributed by atoms with Gasteiger partial charge in [-0.25, -0.2) is 0 Å². The maximum atomic E-state index is 11.2. The van der Waals surface area contributed by atoms with Crippen LogP contribution in [0.4, 0.5) is 11.4 Å². The second-order valence-electron chi connectivity index (χ2n) is 4.91. The van der Waals surface area contributed by atoms with Crippen LogP contribution in [0, 0.1) is 17.0 Å². The van der Waals surface area contributed by atoms with E-state index in [1.165, 1.54) is 6.07 Å². The van der Waals surface area contributed by atoms with Crippen LogP contribution in [0.5, 0.6) is 0 Å². The third kappa shape index (κ3) is 3.72. The van der Waals surface area contributed by atoms with Gasteiger partial charge < -0.3 is 5.32 Å². The number of anilines is 1. The molecule has 0 spiro atoms. The van der Waals surface area contributed by atoms with E-state index in [9.17, 15) is 10.1 Å². The van der Waals surface area contributed by atoms with Gasteiger partial charge in [0.1, 0.15) is 5.69 Å². The van der Waals surface area contributed by atoms with Crippen molar-refractivity contribution in [2.24, 2.45) is 0 Å². The molecule has 1 N–H and O–H groups in total. The van der Waals surface area contributed by atoms with Crippen molar-refractivity contribution < 1.29 is 4.92 Å². The number of rotatable bonds is 4. The average molecular weight is 404 g/mol. The summed E-state index contributed by atoms with van der Waals surface area (Å²) in [5.74, 6) is 0. The van der Waals surface area contributed by atoms with Crippen molar-refractivity contribution in [3.63, 3.8) is 0 Å². The van der Waals surface area contributed by atoms with Gasteiger partial charge in [0.05, 0.1) is 11.0 Å². The third-order valence-corrected chi connectivity index (χ3v) is 4.69. The molecule has 0 aliphatic heterocycles. The Balaban J connectivity index is 2.37. The smallest absolute Gasteiger partial charge is 0.292 e. The van der Waals surface area contributed by atoms with Gasteiger partial charge in [0, 0.05) is 20.6 Å². The Bertz CT molecular complexity index is 738. The quantitative estimate of drug-likeness (QED) is 0.492. The van der Waals surface area contributed by atoms with Crippen molar-refractivity contribution in [3.8, 4) is 0 Å². The van der Waals surface area contributed by atoms with Gasteiger partial charge in [-0.3, -0.25) is 10.1 Å². The number of nitrogens with one attached hydrogen (secondary N) is 1. The van der Waals surface area contributed by atoms with Crippen LogP contribution in [0.1, 0.15) is 24.1 Å². The first-order valence-corrected chi connectivity index (χ1v) is 8.00. The molecule has 2 aromatic carbocycles. The average Bonchev–Trinajstić information content (AvgIpc) is 2.42. The molecule has 0 aliphatic rings. The summed E-state index contributed by atoms with van der Waals surface area (Å²) in [5.41, 5.74) is 2.07. The molecular weight excluding hydrogens is 391 g/mol. The van der Waals surface area contributed by atoms with E-state index in [4.69, 9.17) is 23.2 Å². The molecule has 22 heavy (non-hydrogen) atoms. The van der Waals surface area contributed by atoms with E-state index >= 15 is 0 Å². The van der Waals surface area contributed by atoms with Gasteiger partial charge in [-0.2, -0.15) is 0 Å². The van der Waals surface area contributed by atoms with Gasteiger partial charge in [0.2, 0.25) is 0 Å². The number of benzene rings is 2. The summed E-state index contributed by atoms with van der Waals surface area (Å²) in [6, 6.07) is 8.21. The lowest BCUT2D eigenvalue weighted by molar-refractivity contribution is -0.384. The van der Waals surface area contributed by atoms with Crippen LogP contribution >= 0.6 is 39.1 Å². The Labute approximate surface area is 146 Å². The van der Waals surface area contributed by atoms with Crippen molar-refractivity contribution in [1.82, 2.24) is 0 Å². The Kier molecular flexibility index (Phi) is 5.32. The Morgan fingerprint density at radius 3 is 2.55 bits per heavy atom. The fourth-order valence-electron chi connectivity index (χ4n) is 2.10. The highest BCUT2D eigenvalue weighted by Crippen LogP contribution is 2.35. The molecule has 1 atom stereocenters. The first kappa shape index (κ1) is 17.1. The molecule has 0 fully saturated rings. The maximum absolute atomic E-state index is 11.2. The monoisotopic (exact) mass is 402 g/mol. The molecule has 0 heterocycles. The van der Waals surface area contributed by atoms with E-state index in [-0.39, 0.29) is 11.7 Å². The lowest BCUT2D eigenvalue weighted by atomic mass is 10.1. The molecule has 0 amide bonds. The highest BCUT2D eigenvalue weighted by Gasteiger charge is 2.19. The predicted octanol–water partition coefficient (Wildman–Crippen LogP) is 6.15. The first-order valence-electron chi connectivity index (χ1n) is 6.45. The summed E-state index contributed by atoms with van der Waals surface area (Å²) in [7, 11) is 0. The molecule has 0 aliphatic carbocycles. The molecule has 0 bridgehead atoms. The van der Waals surface area contributed by atoms with Crippen molar-refractivity contribution >= 4 is 50.5 Å². The fraction of sp³-hybridized carbons (Fsp3) is 0.200. The molecule has 4 nitrogen and oxygen atoms in total. The number of hydrogen-bond donors (Lipinski definition) is 1. The van der Waals surface area contributed by atoms with Crippen molar-refractivity contribution in [2.45, 2.75) is 19.9 Å². The highest BCUT2D eigenvalue weighted by atomic mass is 79.9. The standard InChI is InChI=1S/C15H13BrCl2N2O2/c1-8-5-15(20(21)22)14(7-12(8)16)19-9(2)11-4-3-10(17)6-13(11)18/h3-7,9,19H,1-2H3/t9-/m1/s1. The molecule has 0 saturated heterocycles. The molecule has 0 saturated carbocycles. The van der Waals surface area contributed by atoms with Crippen LogP contribution in [0.2, 0.25) is 10.0 Å². The predicted molar refractivity (Wildman–Crippen MR) is 94.0 cm³/mol. The molecule has 0 unspecified atom stereocenters. The minimum absolute atomic E-state index is 0.0256. The number of nitrogens with zero attached hydrogens (tertiary/aromatic N) is 1. The zero-order chi connectivity index (χ0) is 16.4. The molecular formula is C15H13BrCl2N2O2. The minimum atomic E-state index is -0.405. The first-order chi connectivity index (χ1) is 10.3. The van der Waals surface area contributed by atoms with Crippen LogP contribution in [0.3, 0.4) is 0 Å². The molecule has 116 valence electrons. The van der Waals surface area contributed by atoms with E-state index < -0.39 is 4.92 Å². The third-order valence-electron chi connectivity index (χ3n) is 3.27. The summed E-state index contributed by atoms with van der Waals surface area (Å²) >= 11 is 15.5. The molecule has 7 heteroatoms. The van der Waals surface area contributed by atoms with Crippen LogP contribution < -0.4 is 5.32 Å². The van der Waals surface area contributed by atoms with Gasteiger partial charge in [-0.15, -0.1) is 0 Å². The summed E-state index contributed by atoms with van der Waals surface area (Å²) in [6.45, 7) is 3.69. The van der Waals surface area contributed by atoms with E-state index in [1.807, 2.05) is 6.92 Å². The largest absolute Gasteiger partial charge is 0.373 e. The summed E-state index contributed by atoms with van der Waals surface area (Å²) in [4.78, 5) is 10.8. The number of halogens is 3. The van der Waals surface area contributed by atoms with Crippen molar-refractivity contribution in [1.29, 1.82) is 0 Å².